The van der Waals surface area contributed by atoms with E-state index in [1.165, 1.54) is 11.1 Å². The molecule has 6 nitrogen and oxygen atoms in total. The number of nitrogens with zero attached hydrogens (tertiary/aromatic N) is 4. The maximum atomic E-state index is 5.45. The Morgan fingerprint density at radius 2 is 1.90 bits per heavy atom. The molecule has 0 bridgehead atoms. The Morgan fingerprint density at radius 3 is 2.73 bits per heavy atom. The molecule has 7 heteroatoms. The van der Waals surface area contributed by atoms with Crippen LogP contribution in [0.5, 0.6) is 0 Å². The first-order valence-electron chi connectivity index (χ1n) is 10.5. The molecule has 1 fully saturated rings. The molecular weight excluding hydrogens is 394 g/mol. The number of ether oxygens (including phenoxy) is 1. The van der Waals surface area contributed by atoms with E-state index in [4.69, 9.17) is 9.72 Å². The van der Waals surface area contributed by atoms with E-state index in [0.717, 1.165) is 72.4 Å². The quantitative estimate of drug-likeness (QED) is 0.485. The molecule has 1 aliphatic heterocycles. The van der Waals surface area contributed by atoms with E-state index in [1.807, 2.05) is 6.07 Å². The zero-order valence-electron chi connectivity index (χ0n) is 17.2. The number of morpholine rings is 1. The second-order valence-electron chi connectivity index (χ2n) is 7.82. The molecule has 5 rings (SSSR count). The average Bonchev–Trinajstić information content (AvgIpc) is 3.07. The highest BCUT2D eigenvalue weighted by Crippen LogP contribution is 2.28. The van der Waals surface area contributed by atoms with E-state index in [0.29, 0.717) is 0 Å². The number of nitrogens with one attached hydrogen (secondary N) is 1. The van der Waals surface area contributed by atoms with Crippen LogP contribution in [0.3, 0.4) is 0 Å². The van der Waals surface area contributed by atoms with E-state index < -0.39 is 0 Å². The zero-order chi connectivity index (χ0) is 20.3. The summed E-state index contributed by atoms with van der Waals surface area (Å²) >= 11 is 1.70. The number of thioether (sulfide) groups is 1. The van der Waals surface area contributed by atoms with Gasteiger partial charge in [0.2, 0.25) is 5.16 Å². The second kappa shape index (κ2) is 8.71. The SMILES string of the molecule is Cc1ccc2c(c1)c1nnc(SCC[NH+]3CCOCC3)nc1n2Cc1ccccc1. The third kappa shape index (κ3) is 4.05. The molecule has 0 atom stereocenters. The molecule has 0 radical (unpaired) electrons. The summed E-state index contributed by atoms with van der Waals surface area (Å²) in [6.07, 6.45) is 0. The van der Waals surface area contributed by atoms with Crippen molar-refractivity contribution in [2.45, 2.75) is 18.6 Å². The lowest BCUT2D eigenvalue weighted by Gasteiger charge is -2.23. The van der Waals surface area contributed by atoms with Crippen molar-refractivity contribution in [1.29, 1.82) is 0 Å². The molecule has 1 N–H and O–H groups in total. The molecule has 2 aromatic carbocycles. The zero-order valence-corrected chi connectivity index (χ0v) is 18.0. The smallest absolute Gasteiger partial charge is 0.211 e. The van der Waals surface area contributed by atoms with Gasteiger partial charge in [0.25, 0.3) is 0 Å². The van der Waals surface area contributed by atoms with Gasteiger partial charge in [0.1, 0.15) is 18.6 Å². The molecule has 0 amide bonds. The van der Waals surface area contributed by atoms with E-state index in [2.05, 4.69) is 64.2 Å². The van der Waals surface area contributed by atoms with Gasteiger partial charge in [-0.2, -0.15) is 0 Å². The maximum absolute atomic E-state index is 5.45. The summed E-state index contributed by atoms with van der Waals surface area (Å²) in [6.45, 7) is 7.88. The van der Waals surface area contributed by atoms with Gasteiger partial charge in [0, 0.05) is 11.9 Å². The summed E-state index contributed by atoms with van der Waals surface area (Å²) in [5, 5.41) is 10.9. The second-order valence-corrected chi connectivity index (χ2v) is 8.88. The van der Waals surface area contributed by atoms with E-state index in [9.17, 15) is 0 Å². The van der Waals surface area contributed by atoms with Crippen LogP contribution in [0.15, 0.2) is 53.7 Å². The highest BCUT2D eigenvalue weighted by molar-refractivity contribution is 7.99. The fourth-order valence-electron chi connectivity index (χ4n) is 4.04. The highest BCUT2D eigenvalue weighted by atomic mass is 32.2. The molecular formula is C23H26N5OS+. The summed E-state index contributed by atoms with van der Waals surface area (Å²) in [5.74, 6) is 0.987. The van der Waals surface area contributed by atoms with Crippen LogP contribution >= 0.6 is 11.8 Å². The minimum atomic E-state index is 0.754. The van der Waals surface area contributed by atoms with E-state index in [1.54, 1.807) is 16.7 Å². The van der Waals surface area contributed by atoms with Crippen molar-refractivity contribution in [3.8, 4) is 0 Å². The summed E-state index contributed by atoms with van der Waals surface area (Å²) in [5.41, 5.74) is 5.42. The number of aromatic nitrogens is 4. The van der Waals surface area contributed by atoms with Gasteiger partial charge in [0.05, 0.1) is 31.0 Å². The number of hydrogen-bond acceptors (Lipinski definition) is 5. The first kappa shape index (κ1) is 19.5. The molecule has 30 heavy (non-hydrogen) atoms. The monoisotopic (exact) mass is 420 g/mol. The molecule has 0 saturated carbocycles. The molecule has 4 aromatic rings. The first-order valence-corrected chi connectivity index (χ1v) is 11.5. The van der Waals surface area contributed by atoms with Gasteiger partial charge in [-0.25, -0.2) is 4.98 Å². The van der Waals surface area contributed by atoms with Crippen molar-refractivity contribution in [2.75, 3.05) is 38.6 Å². The first-order chi connectivity index (χ1) is 14.8. The minimum absolute atomic E-state index is 0.754. The fourth-order valence-corrected chi connectivity index (χ4v) is 4.86. The summed E-state index contributed by atoms with van der Waals surface area (Å²) in [4.78, 5) is 6.53. The Bertz CT molecular complexity index is 1150. The number of fused-ring (bicyclic) bond motifs is 3. The van der Waals surface area contributed by atoms with Gasteiger partial charge >= 0.3 is 0 Å². The molecule has 154 valence electrons. The summed E-state index contributed by atoms with van der Waals surface area (Å²) in [7, 11) is 0. The predicted octanol–water partition coefficient (Wildman–Crippen LogP) is 2.34. The lowest BCUT2D eigenvalue weighted by molar-refractivity contribution is -0.905. The normalized spacial score (nSPS) is 15.2. The summed E-state index contributed by atoms with van der Waals surface area (Å²) in [6, 6.07) is 17.0. The van der Waals surface area contributed by atoms with Crippen LogP contribution in [0, 0.1) is 6.92 Å². The predicted molar refractivity (Wildman–Crippen MR) is 120 cm³/mol. The standard InChI is InChI=1S/C23H25N5OS/c1-17-7-8-20-19(15-17)21-22(28(20)16-18-5-3-2-4-6-18)24-23(26-25-21)30-14-11-27-9-12-29-13-10-27/h2-8,15H,9-14,16H2,1H3/p+1. The van der Waals surface area contributed by atoms with E-state index >= 15 is 0 Å². The van der Waals surface area contributed by atoms with Gasteiger partial charge in [-0.05, 0) is 24.6 Å². The third-order valence-corrected chi connectivity index (χ3v) is 6.51. The number of hydrogen-bond donors (Lipinski definition) is 1. The van der Waals surface area contributed by atoms with Gasteiger partial charge in [0.15, 0.2) is 5.65 Å². The van der Waals surface area contributed by atoms with Crippen LogP contribution in [0.2, 0.25) is 0 Å². The minimum Gasteiger partial charge on any atom is -0.370 e. The van der Waals surface area contributed by atoms with Crippen LogP contribution in [-0.4, -0.2) is 58.3 Å². The highest BCUT2D eigenvalue weighted by Gasteiger charge is 2.17. The van der Waals surface area contributed by atoms with Gasteiger partial charge in [-0.3, -0.25) is 0 Å². The van der Waals surface area contributed by atoms with Gasteiger partial charge < -0.3 is 14.2 Å². The average molecular weight is 421 g/mol. The van der Waals surface area contributed by atoms with Crippen LogP contribution in [0.25, 0.3) is 22.1 Å². The molecule has 3 heterocycles. The van der Waals surface area contributed by atoms with Crippen molar-refractivity contribution in [3.63, 3.8) is 0 Å². The topological polar surface area (TPSA) is 57.3 Å². The maximum Gasteiger partial charge on any atom is 0.211 e. The fraction of sp³-hybridized carbons (Fsp3) is 0.348. The molecule has 0 aliphatic carbocycles. The Balaban J connectivity index is 1.46. The molecule has 2 aromatic heterocycles. The molecule has 1 saturated heterocycles. The number of aryl methyl sites for hydroxylation is 1. The lowest BCUT2D eigenvalue weighted by atomic mass is 10.1. The van der Waals surface area contributed by atoms with Crippen molar-refractivity contribution < 1.29 is 9.64 Å². The van der Waals surface area contributed by atoms with Crippen molar-refractivity contribution in [1.82, 2.24) is 19.7 Å². The Morgan fingerprint density at radius 1 is 1.07 bits per heavy atom. The molecule has 1 aliphatic rings. The Labute approximate surface area is 180 Å². The number of quaternary nitrogens is 1. The van der Waals surface area contributed by atoms with Crippen LogP contribution in [-0.2, 0) is 11.3 Å². The lowest BCUT2D eigenvalue weighted by Crippen LogP contribution is -3.14. The Hall–Kier alpha value is -2.48. The Kier molecular flexibility index (Phi) is 5.66. The van der Waals surface area contributed by atoms with Crippen LogP contribution in [0.4, 0.5) is 0 Å². The van der Waals surface area contributed by atoms with Crippen LogP contribution in [0.1, 0.15) is 11.1 Å². The van der Waals surface area contributed by atoms with Crippen molar-refractivity contribution >= 4 is 33.8 Å². The summed E-state index contributed by atoms with van der Waals surface area (Å²) < 4.78 is 7.72. The van der Waals surface area contributed by atoms with Crippen LogP contribution < -0.4 is 4.90 Å². The van der Waals surface area contributed by atoms with E-state index in [-0.39, 0.29) is 0 Å². The largest absolute Gasteiger partial charge is 0.370 e. The van der Waals surface area contributed by atoms with Gasteiger partial charge in [-0.1, -0.05) is 53.7 Å². The number of rotatable bonds is 6. The molecule has 0 spiro atoms. The van der Waals surface area contributed by atoms with Crippen molar-refractivity contribution in [2.24, 2.45) is 0 Å². The molecule has 0 unspecified atom stereocenters. The number of benzene rings is 2. The van der Waals surface area contributed by atoms with Gasteiger partial charge in [-0.15, -0.1) is 10.2 Å². The van der Waals surface area contributed by atoms with Crippen molar-refractivity contribution in [3.05, 3.63) is 59.7 Å². The third-order valence-electron chi connectivity index (χ3n) is 5.67.